The largest absolute Gasteiger partial charge is 0.399 e. The summed E-state index contributed by atoms with van der Waals surface area (Å²) in [6, 6.07) is 30.0. The number of carbonyl (C=O) groups excluding carboxylic acids is 1. The highest BCUT2D eigenvalue weighted by molar-refractivity contribution is 5.90. The smallest absolute Gasteiger partial charge is 0.240 e. The van der Waals surface area contributed by atoms with Crippen LogP contribution in [0.4, 0.5) is 17.1 Å². The van der Waals surface area contributed by atoms with E-state index in [4.69, 9.17) is 11.5 Å². The van der Waals surface area contributed by atoms with E-state index in [1.807, 2.05) is 72.8 Å². The highest BCUT2D eigenvalue weighted by atomic mass is 16.1. The summed E-state index contributed by atoms with van der Waals surface area (Å²) in [6.45, 7) is 0. The minimum absolute atomic E-state index is 0.604. The average Bonchev–Trinajstić information content (AvgIpc) is 3.08. The Hall–Kier alpha value is -4.14. The quantitative estimate of drug-likeness (QED) is 0.253. The van der Waals surface area contributed by atoms with Crippen LogP contribution in [-0.2, 0) is 10.2 Å². The molecule has 0 atom stereocenters. The van der Waals surface area contributed by atoms with E-state index in [1.54, 1.807) is 6.08 Å². The molecular weight excluding hydrogens is 370 g/mol. The third-order valence-electron chi connectivity index (χ3n) is 5.89. The summed E-state index contributed by atoms with van der Waals surface area (Å²) in [5, 5.41) is 0. The monoisotopic (exact) mass is 389 g/mol. The Bertz CT molecular complexity index is 1260. The fraction of sp³-hybridized carbons (Fsp3) is 0.0385. The van der Waals surface area contributed by atoms with Crippen LogP contribution in [0, 0.1) is 0 Å². The Kier molecular flexibility index (Phi) is 4.02. The molecule has 4 heteroatoms. The van der Waals surface area contributed by atoms with Crippen molar-refractivity contribution in [3.05, 3.63) is 113 Å². The molecule has 0 aromatic heterocycles. The van der Waals surface area contributed by atoms with Crippen molar-refractivity contribution in [1.29, 1.82) is 0 Å². The molecule has 0 aliphatic heterocycles. The molecule has 30 heavy (non-hydrogen) atoms. The highest BCUT2D eigenvalue weighted by Crippen LogP contribution is 2.58. The van der Waals surface area contributed by atoms with Crippen LogP contribution in [0.15, 0.2) is 96.0 Å². The second-order valence-electron chi connectivity index (χ2n) is 7.44. The van der Waals surface area contributed by atoms with Crippen molar-refractivity contribution in [3.8, 4) is 11.1 Å². The first-order valence-electron chi connectivity index (χ1n) is 9.69. The molecule has 0 heterocycles. The summed E-state index contributed by atoms with van der Waals surface area (Å²) in [7, 11) is 0. The number of anilines is 2. The predicted molar refractivity (Wildman–Crippen MR) is 120 cm³/mol. The van der Waals surface area contributed by atoms with Crippen molar-refractivity contribution in [2.75, 3.05) is 11.5 Å². The Morgan fingerprint density at radius 1 is 0.667 bits per heavy atom. The molecule has 144 valence electrons. The summed E-state index contributed by atoms with van der Waals surface area (Å²) in [4.78, 5) is 15.4. The first kappa shape index (κ1) is 17.9. The van der Waals surface area contributed by atoms with Gasteiger partial charge in [-0.05, 0) is 58.1 Å². The van der Waals surface area contributed by atoms with Crippen LogP contribution in [0.1, 0.15) is 22.3 Å². The van der Waals surface area contributed by atoms with Gasteiger partial charge in [-0.25, -0.2) is 4.79 Å². The van der Waals surface area contributed by atoms with Gasteiger partial charge in [-0.15, -0.1) is 0 Å². The summed E-state index contributed by atoms with van der Waals surface area (Å²) >= 11 is 0. The highest BCUT2D eigenvalue weighted by Gasteiger charge is 2.47. The summed E-state index contributed by atoms with van der Waals surface area (Å²) in [6.07, 6.45) is 1.73. The van der Waals surface area contributed by atoms with Gasteiger partial charge in [-0.1, -0.05) is 60.7 Å². The number of nitrogens with zero attached hydrogens (tertiary/aromatic N) is 1. The number of fused-ring (bicyclic) bond motifs is 3. The molecule has 0 amide bonds. The number of nitrogen functional groups attached to an aromatic ring is 2. The van der Waals surface area contributed by atoms with Gasteiger partial charge < -0.3 is 11.5 Å². The van der Waals surface area contributed by atoms with Crippen LogP contribution in [0.2, 0.25) is 0 Å². The van der Waals surface area contributed by atoms with Gasteiger partial charge in [-0.3, -0.25) is 0 Å². The third-order valence-corrected chi connectivity index (χ3v) is 5.89. The number of hydrogen-bond acceptors (Lipinski definition) is 4. The van der Waals surface area contributed by atoms with E-state index in [9.17, 15) is 4.79 Å². The first-order valence-corrected chi connectivity index (χ1v) is 9.69. The molecule has 0 radical (unpaired) electrons. The maximum atomic E-state index is 11.3. The van der Waals surface area contributed by atoms with Gasteiger partial charge in [0.2, 0.25) is 6.08 Å². The molecule has 4 nitrogen and oxygen atoms in total. The van der Waals surface area contributed by atoms with Crippen molar-refractivity contribution in [3.63, 3.8) is 0 Å². The second kappa shape index (κ2) is 6.73. The maximum Gasteiger partial charge on any atom is 0.240 e. The van der Waals surface area contributed by atoms with Crippen LogP contribution in [-0.4, -0.2) is 6.08 Å². The van der Waals surface area contributed by atoms with E-state index in [-0.39, 0.29) is 0 Å². The molecule has 1 aliphatic carbocycles. The van der Waals surface area contributed by atoms with Gasteiger partial charge in [0.15, 0.2) is 0 Å². The molecule has 0 saturated heterocycles. The molecule has 0 bridgehead atoms. The maximum absolute atomic E-state index is 11.3. The van der Waals surface area contributed by atoms with Crippen molar-refractivity contribution in [2.24, 2.45) is 4.99 Å². The lowest BCUT2D eigenvalue weighted by Gasteiger charge is -2.34. The summed E-state index contributed by atoms with van der Waals surface area (Å²) in [5.41, 5.74) is 19.7. The van der Waals surface area contributed by atoms with Gasteiger partial charge in [0.25, 0.3) is 0 Å². The van der Waals surface area contributed by atoms with Gasteiger partial charge in [0, 0.05) is 16.9 Å². The number of benzene rings is 4. The number of nitrogens with two attached hydrogens (primary N) is 2. The number of isocyanates is 1. The van der Waals surface area contributed by atoms with Crippen LogP contribution >= 0.6 is 0 Å². The van der Waals surface area contributed by atoms with E-state index in [1.165, 1.54) is 0 Å². The zero-order valence-corrected chi connectivity index (χ0v) is 16.2. The first-order chi connectivity index (χ1) is 14.7. The Morgan fingerprint density at radius 2 is 1.23 bits per heavy atom. The van der Waals surface area contributed by atoms with Gasteiger partial charge in [-0.2, -0.15) is 4.99 Å². The van der Waals surface area contributed by atoms with E-state index in [0.29, 0.717) is 17.1 Å². The van der Waals surface area contributed by atoms with Crippen molar-refractivity contribution >= 4 is 23.1 Å². The van der Waals surface area contributed by atoms with E-state index >= 15 is 0 Å². The Morgan fingerprint density at radius 3 is 1.83 bits per heavy atom. The van der Waals surface area contributed by atoms with Crippen LogP contribution in [0.3, 0.4) is 0 Å². The van der Waals surface area contributed by atoms with Crippen LogP contribution in [0.25, 0.3) is 11.1 Å². The van der Waals surface area contributed by atoms with Gasteiger partial charge in [0.1, 0.15) is 0 Å². The number of hydrogen-bond donors (Lipinski definition) is 2. The van der Waals surface area contributed by atoms with E-state index < -0.39 is 5.41 Å². The fourth-order valence-electron chi connectivity index (χ4n) is 4.71. The van der Waals surface area contributed by atoms with E-state index in [0.717, 1.165) is 33.4 Å². The predicted octanol–water partition coefficient (Wildman–Crippen LogP) is 5.18. The lowest BCUT2D eigenvalue weighted by molar-refractivity contribution is 0.565. The number of rotatable bonds is 3. The van der Waals surface area contributed by atoms with Crippen molar-refractivity contribution < 1.29 is 4.79 Å². The topological polar surface area (TPSA) is 81.5 Å². The molecule has 1 aliphatic rings. The standard InChI is InChI=1S/C26H19N3O/c27-19-12-8-17(9-13-19)26(18-10-14-20(28)15-11-18)23-6-2-1-4-21(23)22-5-3-7-24(25(22)26)29-16-30/h1-15H,27-28H2. The minimum atomic E-state index is -0.662. The summed E-state index contributed by atoms with van der Waals surface area (Å²) in [5.74, 6) is 0. The molecule has 0 fully saturated rings. The van der Waals surface area contributed by atoms with Crippen molar-refractivity contribution in [2.45, 2.75) is 5.41 Å². The van der Waals surface area contributed by atoms with E-state index in [2.05, 4.69) is 23.2 Å². The molecule has 0 saturated carbocycles. The molecule has 0 spiro atoms. The normalized spacial score (nSPS) is 13.2. The molecule has 0 unspecified atom stereocenters. The zero-order chi connectivity index (χ0) is 20.7. The molecular formula is C26H19N3O. The molecule has 5 rings (SSSR count). The van der Waals surface area contributed by atoms with Gasteiger partial charge in [0.05, 0.1) is 11.1 Å². The molecule has 4 aromatic carbocycles. The van der Waals surface area contributed by atoms with Crippen molar-refractivity contribution in [1.82, 2.24) is 0 Å². The molecule has 4 aromatic rings. The summed E-state index contributed by atoms with van der Waals surface area (Å²) < 4.78 is 0. The average molecular weight is 389 g/mol. The lowest BCUT2D eigenvalue weighted by atomic mass is 9.67. The Balaban J connectivity index is 2.00. The third kappa shape index (κ3) is 2.41. The van der Waals surface area contributed by atoms with Crippen LogP contribution < -0.4 is 11.5 Å². The number of aliphatic imine (C=N–C) groups is 1. The zero-order valence-electron chi connectivity index (χ0n) is 16.2. The second-order valence-corrected chi connectivity index (χ2v) is 7.44. The fourth-order valence-corrected chi connectivity index (χ4v) is 4.71. The Labute approximate surface area is 174 Å². The lowest BCUT2D eigenvalue weighted by Crippen LogP contribution is -2.28. The van der Waals surface area contributed by atoms with Gasteiger partial charge >= 0.3 is 0 Å². The van der Waals surface area contributed by atoms with Crippen LogP contribution in [0.5, 0.6) is 0 Å². The minimum Gasteiger partial charge on any atom is -0.399 e. The molecule has 4 N–H and O–H groups in total. The SMILES string of the molecule is Nc1ccc(C2(c3ccc(N)cc3)c3ccccc3-c3cccc(N=C=O)c32)cc1.